The van der Waals surface area contributed by atoms with Crippen molar-refractivity contribution in [1.29, 1.82) is 0 Å². The van der Waals surface area contributed by atoms with E-state index in [-0.39, 0.29) is 5.69 Å². The van der Waals surface area contributed by atoms with Crippen molar-refractivity contribution < 1.29 is 14.0 Å². The Bertz CT molecular complexity index is 1100. The number of rotatable bonds is 5. The van der Waals surface area contributed by atoms with E-state index in [2.05, 4.69) is 21.2 Å². The van der Waals surface area contributed by atoms with Crippen molar-refractivity contribution in [2.24, 2.45) is 5.10 Å². The van der Waals surface area contributed by atoms with Crippen molar-refractivity contribution in [1.82, 2.24) is 5.43 Å². The third-order valence-electron chi connectivity index (χ3n) is 3.85. The van der Waals surface area contributed by atoms with E-state index < -0.39 is 17.8 Å². The summed E-state index contributed by atoms with van der Waals surface area (Å²) in [7, 11) is 0. The first kappa shape index (κ1) is 21.3. The Labute approximate surface area is 181 Å². The van der Waals surface area contributed by atoms with E-state index in [1.165, 1.54) is 36.5 Å². The largest absolute Gasteiger partial charge is 0.323 e. The van der Waals surface area contributed by atoms with Gasteiger partial charge < -0.3 is 10.6 Å². The minimum atomic E-state index is -0.608. The highest BCUT2D eigenvalue weighted by atomic mass is 35.5. The van der Waals surface area contributed by atoms with Crippen molar-refractivity contribution in [3.05, 3.63) is 93.7 Å². The molecule has 0 unspecified atom stereocenters. The zero-order chi connectivity index (χ0) is 21.5. The zero-order valence-corrected chi connectivity index (χ0v) is 16.8. The molecular weight excluding hydrogens is 430 g/mol. The molecule has 0 aliphatic rings. The van der Waals surface area contributed by atoms with Crippen molar-refractivity contribution in [2.75, 3.05) is 10.6 Å². The van der Waals surface area contributed by atoms with E-state index in [9.17, 15) is 14.0 Å². The minimum absolute atomic E-state index is 0.0610. The first-order chi connectivity index (χ1) is 14.4. The smallest absolute Gasteiger partial charge is 0.308 e. The molecule has 0 saturated heterocycles. The average Bonchev–Trinajstić information content (AvgIpc) is 2.73. The maximum atomic E-state index is 13.6. The standard InChI is InChI=1S/C21H15Cl2FN4O2/c22-16-10-5-13(11-17(16)23)12-25-28-20(29)14-6-8-15(9-7-14)26-21(30)27-19-4-2-1-3-18(19)24/h1-12H,(H,28,29)(H2,26,27,30). The van der Waals surface area contributed by atoms with Crippen molar-refractivity contribution in [3.63, 3.8) is 0 Å². The molecule has 0 bridgehead atoms. The van der Waals surface area contributed by atoms with Gasteiger partial charge in [0.15, 0.2) is 0 Å². The molecule has 0 spiro atoms. The topological polar surface area (TPSA) is 82.6 Å². The average molecular weight is 445 g/mol. The first-order valence-corrected chi connectivity index (χ1v) is 9.39. The summed E-state index contributed by atoms with van der Waals surface area (Å²) in [6.45, 7) is 0. The maximum Gasteiger partial charge on any atom is 0.323 e. The van der Waals surface area contributed by atoms with Crippen LogP contribution in [-0.4, -0.2) is 18.2 Å². The molecule has 0 aromatic heterocycles. The highest BCUT2D eigenvalue weighted by molar-refractivity contribution is 6.42. The molecule has 0 aliphatic carbocycles. The predicted octanol–water partition coefficient (Wildman–Crippen LogP) is 5.54. The monoisotopic (exact) mass is 444 g/mol. The van der Waals surface area contributed by atoms with Crippen molar-refractivity contribution in [3.8, 4) is 0 Å². The number of hydrazone groups is 1. The molecule has 3 aromatic rings. The second-order valence-electron chi connectivity index (χ2n) is 6.01. The Morgan fingerprint density at radius 2 is 1.63 bits per heavy atom. The number of carbonyl (C=O) groups excluding carboxylic acids is 2. The van der Waals surface area contributed by atoms with Crippen molar-refractivity contribution in [2.45, 2.75) is 0 Å². The van der Waals surface area contributed by atoms with Crippen LogP contribution in [0, 0.1) is 5.82 Å². The van der Waals surface area contributed by atoms with Crippen LogP contribution in [0.2, 0.25) is 10.0 Å². The van der Waals surface area contributed by atoms with Crippen LogP contribution >= 0.6 is 23.2 Å². The summed E-state index contributed by atoms with van der Waals surface area (Å²) in [4.78, 5) is 24.1. The number of carbonyl (C=O) groups is 2. The molecule has 30 heavy (non-hydrogen) atoms. The van der Waals surface area contributed by atoms with Crippen LogP contribution in [-0.2, 0) is 0 Å². The molecule has 0 heterocycles. The summed E-state index contributed by atoms with van der Waals surface area (Å²) in [6.07, 6.45) is 1.43. The van der Waals surface area contributed by atoms with Gasteiger partial charge in [0.25, 0.3) is 5.91 Å². The van der Waals surface area contributed by atoms with E-state index in [0.717, 1.165) is 0 Å². The third kappa shape index (κ3) is 5.79. The number of benzene rings is 3. The fourth-order valence-electron chi connectivity index (χ4n) is 2.37. The number of anilines is 2. The number of nitrogens with zero attached hydrogens (tertiary/aromatic N) is 1. The number of urea groups is 1. The lowest BCUT2D eigenvalue weighted by atomic mass is 10.2. The van der Waals surface area contributed by atoms with Crippen LogP contribution in [0.3, 0.4) is 0 Å². The molecule has 9 heteroatoms. The van der Waals surface area contributed by atoms with Gasteiger partial charge in [-0.1, -0.05) is 41.4 Å². The number of para-hydroxylation sites is 1. The van der Waals surface area contributed by atoms with Crippen LogP contribution in [0.5, 0.6) is 0 Å². The van der Waals surface area contributed by atoms with Gasteiger partial charge >= 0.3 is 6.03 Å². The number of amides is 3. The Hall–Kier alpha value is -3.42. The maximum absolute atomic E-state index is 13.6. The van der Waals surface area contributed by atoms with Crippen LogP contribution in [0.15, 0.2) is 71.8 Å². The van der Waals surface area contributed by atoms with Gasteiger partial charge in [-0.2, -0.15) is 5.10 Å². The van der Waals surface area contributed by atoms with Gasteiger partial charge in [0, 0.05) is 11.3 Å². The van der Waals surface area contributed by atoms with Gasteiger partial charge in [0.05, 0.1) is 21.9 Å². The van der Waals surface area contributed by atoms with Crippen LogP contribution in [0.1, 0.15) is 15.9 Å². The number of halogens is 3. The zero-order valence-electron chi connectivity index (χ0n) is 15.3. The molecule has 0 radical (unpaired) electrons. The van der Waals surface area contributed by atoms with Crippen molar-refractivity contribution >= 4 is 52.7 Å². The second-order valence-corrected chi connectivity index (χ2v) is 6.82. The van der Waals surface area contributed by atoms with Crippen LogP contribution < -0.4 is 16.1 Å². The number of hydrogen-bond acceptors (Lipinski definition) is 3. The quantitative estimate of drug-likeness (QED) is 0.356. The molecule has 0 saturated carbocycles. The Morgan fingerprint density at radius 3 is 2.33 bits per heavy atom. The van der Waals surface area contributed by atoms with Gasteiger partial charge in [-0.05, 0) is 54.1 Å². The number of hydrogen-bond donors (Lipinski definition) is 3. The highest BCUT2D eigenvalue weighted by Crippen LogP contribution is 2.21. The fraction of sp³-hybridized carbons (Fsp3) is 0. The minimum Gasteiger partial charge on any atom is -0.308 e. The molecule has 6 nitrogen and oxygen atoms in total. The fourth-order valence-corrected chi connectivity index (χ4v) is 2.68. The molecule has 0 atom stereocenters. The predicted molar refractivity (Wildman–Crippen MR) is 117 cm³/mol. The first-order valence-electron chi connectivity index (χ1n) is 8.63. The van der Waals surface area contributed by atoms with Gasteiger partial charge in [0.2, 0.25) is 0 Å². The Kier molecular flexibility index (Phi) is 7.00. The van der Waals surface area contributed by atoms with Crippen LogP contribution in [0.25, 0.3) is 0 Å². The van der Waals surface area contributed by atoms with Gasteiger partial charge in [-0.3, -0.25) is 4.79 Å². The molecular formula is C21H15Cl2FN4O2. The van der Waals surface area contributed by atoms with Gasteiger partial charge in [-0.25, -0.2) is 14.6 Å². The van der Waals surface area contributed by atoms with E-state index in [0.29, 0.717) is 26.9 Å². The number of nitrogens with one attached hydrogen (secondary N) is 3. The Balaban J connectivity index is 1.54. The molecule has 3 N–H and O–H groups in total. The lowest BCUT2D eigenvalue weighted by Gasteiger charge is -2.08. The molecule has 3 rings (SSSR count). The van der Waals surface area contributed by atoms with Crippen LogP contribution in [0.4, 0.5) is 20.6 Å². The van der Waals surface area contributed by atoms with Gasteiger partial charge in [-0.15, -0.1) is 0 Å². The Morgan fingerprint density at radius 1 is 0.900 bits per heavy atom. The third-order valence-corrected chi connectivity index (χ3v) is 4.59. The normalized spacial score (nSPS) is 10.6. The van der Waals surface area contributed by atoms with Gasteiger partial charge in [0.1, 0.15) is 5.82 Å². The summed E-state index contributed by atoms with van der Waals surface area (Å²) in [5, 5.41) is 9.64. The summed E-state index contributed by atoms with van der Waals surface area (Å²) < 4.78 is 13.6. The molecule has 0 fully saturated rings. The lowest BCUT2D eigenvalue weighted by Crippen LogP contribution is -2.20. The second kappa shape index (κ2) is 9.87. The van der Waals surface area contributed by atoms with E-state index in [1.54, 1.807) is 36.4 Å². The summed E-state index contributed by atoms with van der Waals surface area (Å²) >= 11 is 11.8. The van der Waals surface area contributed by atoms with E-state index in [4.69, 9.17) is 23.2 Å². The molecule has 3 aromatic carbocycles. The molecule has 0 aliphatic heterocycles. The summed E-state index contributed by atoms with van der Waals surface area (Å²) in [6, 6.07) is 16.3. The van der Waals surface area contributed by atoms with E-state index in [1.807, 2.05) is 0 Å². The molecule has 3 amide bonds. The SMILES string of the molecule is O=C(Nc1ccc(C(=O)NN=Cc2ccc(Cl)c(Cl)c2)cc1)Nc1ccccc1F. The lowest BCUT2D eigenvalue weighted by molar-refractivity contribution is 0.0955. The summed E-state index contributed by atoms with van der Waals surface area (Å²) in [5.74, 6) is -0.977. The van der Waals surface area contributed by atoms with E-state index >= 15 is 0 Å². The molecule has 152 valence electrons. The highest BCUT2D eigenvalue weighted by Gasteiger charge is 2.08. The summed E-state index contributed by atoms with van der Waals surface area (Å²) in [5.41, 5.74) is 3.89.